The van der Waals surface area contributed by atoms with E-state index < -0.39 is 0 Å². The molecule has 1 aliphatic heterocycles. The van der Waals surface area contributed by atoms with Gasteiger partial charge in [0.15, 0.2) is 17.8 Å². The summed E-state index contributed by atoms with van der Waals surface area (Å²) in [5, 5.41) is 12.0. The van der Waals surface area contributed by atoms with Crippen LogP contribution in [0.25, 0.3) is 10.8 Å². The van der Waals surface area contributed by atoms with E-state index in [0.717, 1.165) is 36.6 Å². The van der Waals surface area contributed by atoms with Gasteiger partial charge in [0.05, 0.1) is 6.61 Å². The van der Waals surface area contributed by atoms with Crippen LogP contribution in [0.5, 0.6) is 11.5 Å². The molecule has 1 heterocycles. The molecule has 18 heavy (non-hydrogen) atoms. The lowest BCUT2D eigenvalue weighted by Gasteiger charge is -2.23. The fourth-order valence-corrected chi connectivity index (χ4v) is 2.25. The quantitative estimate of drug-likeness (QED) is 0.879. The number of aromatic hydroxyl groups is 1. The Labute approximate surface area is 106 Å². The molecule has 1 saturated heterocycles. The molecule has 1 aliphatic rings. The van der Waals surface area contributed by atoms with E-state index in [1.807, 2.05) is 30.3 Å². The zero-order valence-corrected chi connectivity index (χ0v) is 10.1. The van der Waals surface area contributed by atoms with Crippen molar-refractivity contribution in [2.45, 2.75) is 25.6 Å². The molecule has 1 unspecified atom stereocenters. The Morgan fingerprint density at radius 1 is 1.11 bits per heavy atom. The van der Waals surface area contributed by atoms with Crippen LogP contribution in [0.1, 0.15) is 19.3 Å². The minimum Gasteiger partial charge on any atom is -0.504 e. The number of rotatable bonds is 2. The highest BCUT2D eigenvalue weighted by atomic mass is 16.7. The zero-order chi connectivity index (χ0) is 12.4. The second-order valence-corrected chi connectivity index (χ2v) is 4.58. The molecule has 0 radical (unpaired) electrons. The van der Waals surface area contributed by atoms with E-state index in [2.05, 4.69) is 0 Å². The van der Waals surface area contributed by atoms with Gasteiger partial charge in [-0.2, -0.15) is 0 Å². The lowest BCUT2D eigenvalue weighted by atomic mass is 10.1. The number of hydrogen-bond donors (Lipinski definition) is 1. The molecule has 0 spiro atoms. The molecule has 0 saturated carbocycles. The maximum absolute atomic E-state index is 9.96. The fraction of sp³-hybridized carbons (Fsp3) is 0.333. The first kappa shape index (κ1) is 11.4. The third-order valence-corrected chi connectivity index (χ3v) is 3.22. The van der Waals surface area contributed by atoms with Crippen molar-refractivity contribution < 1.29 is 14.6 Å². The summed E-state index contributed by atoms with van der Waals surface area (Å²) in [6, 6.07) is 11.5. The van der Waals surface area contributed by atoms with Crippen LogP contribution in [0.2, 0.25) is 0 Å². The number of ether oxygens (including phenoxy) is 2. The van der Waals surface area contributed by atoms with Crippen molar-refractivity contribution in [3.8, 4) is 11.5 Å². The largest absolute Gasteiger partial charge is 0.504 e. The summed E-state index contributed by atoms with van der Waals surface area (Å²) in [5.74, 6) is 0.670. The molecule has 1 N–H and O–H groups in total. The summed E-state index contributed by atoms with van der Waals surface area (Å²) >= 11 is 0. The van der Waals surface area contributed by atoms with Crippen LogP contribution in [-0.2, 0) is 4.74 Å². The molecule has 2 aromatic rings. The SMILES string of the molecule is Oc1cc2ccccc2cc1OC1CCCCO1. The minimum atomic E-state index is -0.231. The van der Waals surface area contributed by atoms with Crippen LogP contribution < -0.4 is 4.74 Å². The molecular formula is C15H16O3. The normalized spacial score (nSPS) is 19.9. The van der Waals surface area contributed by atoms with Crippen molar-refractivity contribution >= 4 is 10.8 Å². The molecule has 3 rings (SSSR count). The van der Waals surface area contributed by atoms with Crippen molar-refractivity contribution in [3.63, 3.8) is 0 Å². The van der Waals surface area contributed by atoms with E-state index >= 15 is 0 Å². The van der Waals surface area contributed by atoms with Crippen molar-refractivity contribution in [2.24, 2.45) is 0 Å². The average Bonchev–Trinajstić information content (AvgIpc) is 2.41. The molecule has 0 aromatic heterocycles. The first-order valence-electron chi connectivity index (χ1n) is 6.33. The topological polar surface area (TPSA) is 38.7 Å². The zero-order valence-electron chi connectivity index (χ0n) is 10.1. The van der Waals surface area contributed by atoms with Gasteiger partial charge in [-0.25, -0.2) is 0 Å². The lowest BCUT2D eigenvalue weighted by Crippen LogP contribution is -2.24. The summed E-state index contributed by atoms with van der Waals surface area (Å²) in [7, 11) is 0. The number of phenols is 1. The van der Waals surface area contributed by atoms with E-state index in [1.165, 1.54) is 0 Å². The van der Waals surface area contributed by atoms with Gasteiger partial charge in [-0.1, -0.05) is 24.3 Å². The predicted octanol–water partition coefficient (Wildman–Crippen LogP) is 3.45. The number of fused-ring (bicyclic) bond motifs is 1. The summed E-state index contributed by atoms with van der Waals surface area (Å²) in [5.41, 5.74) is 0. The van der Waals surface area contributed by atoms with E-state index in [1.54, 1.807) is 6.07 Å². The monoisotopic (exact) mass is 244 g/mol. The van der Waals surface area contributed by atoms with Gasteiger partial charge >= 0.3 is 0 Å². The Morgan fingerprint density at radius 3 is 2.61 bits per heavy atom. The highest BCUT2D eigenvalue weighted by Crippen LogP contribution is 2.33. The van der Waals surface area contributed by atoms with Gasteiger partial charge in [-0.05, 0) is 35.7 Å². The van der Waals surface area contributed by atoms with Crippen LogP contribution in [0.15, 0.2) is 36.4 Å². The molecule has 3 heteroatoms. The fourth-order valence-electron chi connectivity index (χ4n) is 2.25. The Kier molecular flexibility index (Phi) is 3.07. The van der Waals surface area contributed by atoms with E-state index in [-0.39, 0.29) is 12.0 Å². The summed E-state index contributed by atoms with van der Waals surface area (Å²) in [6.45, 7) is 0.735. The van der Waals surface area contributed by atoms with Gasteiger partial charge in [0.2, 0.25) is 0 Å². The number of phenolic OH excluding ortho intramolecular Hbond substituents is 1. The molecule has 1 fully saturated rings. The molecule has 2 aromatic carbocycles. The molecule has 0 aliphatic carbocycles. The predicted molar refractivity (Wildman–Crippen MR) is 69.8 cm³/mol. The summed E-state index contributed by atoms with van der Waals surface area (Å²) < 4.78 is 11.2. The van der Waals surface area contributed by atoms with Crippen molar-refractivity contribution in [1.82, 2.24) is 0 Å². The van der Waals surface area contributed by atoms with Crippen LogP contribution in [0.4, 0.5) is 0 Å². The molecule has 0 bridgehead atoms. The second kappa shape index (κ2) is 4.86. The highest BCUT2D eigenvalue weighted by Gasteiger charge is 2.17. The third-order valence-electron chi connectivity index (χ3n) is 3.22. The summed E-state index contributed by atoms with van der Waals surface area (Å²) in [6.07, 6.45) is 2.85. The molecule has 1 atom stereocenters. The highest BCUT2D eigenvalue weighted by molar-refractivity contribution is 5.85. The smallest absolute Gasteiger partial charge is 0.200 e. The first-order valence-corrected chi connectivity index (χ1v) is 6.33. The lowest BCUT2D eigenvalue weighted by molar-refractivity contribution is -0.106. The maximum Gasteiger partial charge on any atom is 0.200 e. The molecule has 94 valence electrons. The second-order valence-electron chi connectivity index (χ2n) is 4.58. The van der Waals surface area contributed by atoms with Crippen molar-refractivity contribution in [1.29, 1.82) is 0 Å². The number of benzene rings is 2. The Hall–Kier alpha value is -1.74. The van der Waals surface area contributed by atoms with E-state index in [9.17, 15) is 5.11 Å². The Morgan fingerprint density at radius 2 is 1.89 bits per heavy atom. The molecule has 0 amide bonds. The van der Waals surface area contributed by atoms with Crippen LogP contribution >= 0.6 is 0 Å². The third kappa shape index (κ3) is 2.27. The standard InChI is InChI=1S/C15H16O3/c16-13-9-11-5-1-2-6-12(11)10-14(13)18-15-7-3-4-8-17-15/h1-2,5-6,9-10,15-16H,3-4,7-8H2. The van der Waals surface area contributed by atoms with E-state index in [0.29, 0.717) is 5.75 Å². The number of hydrogen-bond acceptors (Lipinski definition) is 3. The Balaban J connectivity index is 1.88. The van der Waals surface area contributed by atoms with Crippen LogP contribution in [0, 0.1) is 0 Å². The molecule has 3 nitrogen and oxygen atoms in total. The summed E-state index contributed by atoms with van der Waals surface area (Å²) in [4.78, 5) is 0. The van der Waals surface area contributed by atoms with Gasteiger partial charge < -0.3 is 14.6 Å². The van der Waals surface area contributed by atoms with Crippen molar-refractivity contribution in [3.05, 3.63) is 36.4 Å². The first-order chi connectivity index (χ1) is 8.83. The van der Waals surface area contributed by atoms with Crippen molar-refractivity contribution in [2.75, 3.05) is 6.61 Å². The molecular weight excluding hydrogens is 228 g/mol. The van der Waals surface area contributed by atoms with Gasteiger partial charge in [-0.15, -0.1) is 0 Å². The van der Waals surface area contributed by atoms with Gasteiger partial charge in [0, 0.05) is 6.42 Å². The van der Waals surface area contributed by atoms with Gasteiger partial charge in [0.1, 0.15) is 0 Å². The maximum atomic E-state index is 9.96. The van der Waals surface area contributed by atoms with Crippen LogP contribution in [-0.4, -0.2) is 18.0 Å². The van der Waals surface area contributed by atoms with Crippen LogP contribution in [0.3, 0.4) is 0 Å². The minimum absolute atomic E-state index is 0.169. The average molecular weight is 244 g/mol. The van der Waals surface area contributed by atoms with Gasteiger partial charge in [0.25, 0.3) is 0 Å². The van der Waals surface area contributed by atoms with Gasteiger partial charge in [-0.3, -0.25) is 0 Å². The Bertz CT molecular complexity index is 544. The van der Waals surface area contributed by atoms with E-state index in [4.69, 9.17) is 9.47 Å².